The van der Waals surface area contributed by atoms with Crippen molar-refractivity contribution in [2.45, 2.75) is 20.8 Å². The molecule has 0 fully saturated rings. The topological polar surface area (TPSA) is 76.7 Å². The normalized spacial score (nSPS) is 10.1. The summed E-state index contributed by atoms with van der Waals surface area (Å²) in [6.07, 6.45) is 0. The Kier molecular flexibility index (Phi) is 7.02. The van der Waals surface area contributed by atoms with Gasteiger partial charge in [0.05, 0.1) is 19.8 Å². The summed E-state index contributed by atoms with van der Waals surface area (Å²) in [6.45, 7) is 6.42. The van der Waals surface area contributed by atoms with Crippen LogP contribution in [0.4, 0.5) is 11.4 Å². The van der Waals surface area contributed by atoms with Crippen molar-refractivity contribution in [3.63, 3.8) is 0 Å². The SMILES string of the molecule is CCOc1ccc(NC(=O)CNc2cccc(C(C)=O)c2)cc1OCC. The van der Waals surface area contributed by atoms with Gasteiger partial charge >= 0.3 is 0 Å². The third-order valence-electron chi connectivity index (χ3n) is 3.55. The number of hydrogen-bond donors (Lipinski definition) is 2. The van der Waals surface area contributed by atoms with Crippen LogP contribution in [0.1, 0.15) is 31.1 Å². The van der Waals surface area contributed by atoms with Crippen molar-refractivity contribution in [2.24, 2.45) is 0 Å². The quantitative estimate of drug-likeness (QED) is 0.670. The molecule has 138 valence electrons. The Bertz CT molecular complexity index is 774. The number of carbonyl (C=O) groups is 2. The molecule has 0 aliphatic carbocycles. The first kappa shape index (κ1) is 19.3. The molecule has 2 aromatic carbocycles. The van der Waals surface area contributed by atoms with Gasteiger partial charge in [0.2, 0.25) is 5.91 Å². The van der Waals surface area contributed by atoms with E-state index in [-0.39, 0.29) is 18.2 Å². The van der Waals surface area contributed by atoms with Crippen LogP contribution in [0.15, 0.2) is 42.5 Å². The summed E-state index contributed by atoms with van der Waals surface area (Å²) in [5, 5.41) is 5.82. The average molecular weight is 356 g/mol. The van der Waals surface area contributed by atoms with Gasteiger partial charge in [-0.25, -0.2) is 0 Å². The summed E-state index contributed by atoms with van der Waals surface area (Å²) in [5.74, 6) is 1.02. The molecule has 0 spiro atoms. The maximum atomic E-state index is 12.2. The number of benzene rings is 2. The zero-order valence-corrected chi connectivity index (χ0v) is 15.3. The third-order valence-corrected chi connectivity index (χ3v) is 3.55. The van der Waals surface area contributed by atoms with E-state index in [2.05, 4.69) is 10.6 Å². The molecule has 0 aliphatic rings. The number of Topliss-reactive ketones (excluding diaryl/α,β-unsaturated/α-hetero) is 1. The van der Waals surface area contributed by atoms with Crippen LogP contribution < -0.4 is 20.1 Å². The fourth-order valence-electron chi connectivity index (χ4n) is 2.36. The Morgan fingerprint density at radius 1 is 0.923 bits per heavy atom. The lowest BCUT2D eigenvalue weighted by atomic mass is 10.1. The molecule has 0 atom stereocenters. The highest BCUT2D eigenvalue weighted by Crippen LogP contribution is 2.30. The molecule has 26 heavy (non-hydrogen) atoms. The molecule has 2 aromatic rings. The molecule has 0 saturated heterocycles. The van der Waals surface area contributed by atoms with Crippen molar-refractivity contribution in [1.82, 2.24) is 0 Å². The minimum Gasteiger partial charge on any atom is -0.490 e. The fraction of sp³-hybridized carbons (Fsp3) is 0.300. The number of anilines is 2. The van der Waals surface area contributed by atoms with E-state index in [9.17, 15) is 9.59 Å². The van der Waals surface area contributed by atoms with Gasteiger partial charge in [-0.3, -0.25) is 9.59 Å². The lowest BCUT2D eigenvalue weighted by Gasteiger charge is -2.13. The van der Waals surface area contributed by atoms with Crippen LogP contribution in [0.25, 0.3) is 0 Å². The molecule has 1 amide bonds. The number of carbonyl (C=O) groups excluding carboxylic acids is 2. The minimum absolute atomic E-state index is 0.0176. The summed E-state index contributed by atoms with van der Waals surface area (Å²) in [5.41, 5.74) is 1.94. The number of rotatable bonds is 9. The number of nitrogens with one attached hydrogen (secondary N) is 2. The summed E-state index contributed by atoms with van der Waals surface area (Å²) in [4.78, 5) is 23.6. The van der Waals surface area contributed by atoms with Gasteiger partial charge in [-0.2, -0.15) is 0 Å². The van der Waals surface area contributed by atoms with Crippen LogP contribution >= 0.6 is 0 Å². The molecule has 0 aliphatic heterocycles. The first-order valence-electron chi connectivity index (χ1n) is 8.57. The van der Waals surface area contributed by atoms with Crippen molar-refractivity contribution in [3.05, 3.63) is 48.0 Å². The van der Waals surface area contributed by atoms with Gasteiger partial charge in [0, 0.05) is 23.0 Å². The summed E-state index contributed by atoms with van der Waals surface area (Å²) < 4.78 is 11.1. The highest BCUT2D eigenvalue weighted by molar-refractivity contribution is 5.96. The summed E-state index contributed by atoms with van der Waals surface area (Å²) in [6, 6.07) is 12.3. The Morgan fingerprint density at radius 3 is 2.35 bits per heavy atom. The Morgan fingerprint density at radius 2 is 1.65 bits per heavy atom. The van der Waals surface area contributed by atoms with E-state index < -0.39 is 0 Å². The van der Waals surface area contributed by atoms with Crippen LogP contribution in [-0.4, -0.2) is 31.4 Å². The summed E-state index contributed by atoms with van der Waals surface area (Å²) in [7, 11) is 0. The van der Waals surface area contributed by atoms with E-state index in [1.54, 1.807) is 36.4 Å². The standard InChI is InChI=1S/C20H24N2O4/c1-4-25-18-10-9-17(12-19(18)26-5-2)22-20(24)13-21-16-8-6-7-15(11-16)14(3)23/h6-12,21H,4-5,13H2,1-3H3,(H,22,24). The van der Waals surface area contributed by atoms with E-state index in [0.29, 0.717) is 36.0 Å². The van der Waals surface area contributed by atoms with Crippen molar-refractivity contribution < 1.29 is 19.1 Å². The second kappa shape index (κ2) is 9.46. The molecular formula is C20H24N2O4. The van der Waals surface area contributed by atoms with Crippen molar-refractivity contribution >= 4 is 23.1 Å². The minimum atomic E-state index is -0.204. The Hall–Kier alpha value is -3.02. The van der Waals surface area contributed by atoms with Crippen LogP contribution in [0.5, 0.6) is 11.5 Å². The van der Waals surface area contributed by atoms with E-state index in [0.717, 1.165) is 5.69 Å². The average Bonchev–Trinajstić information content (AvgIpc) is 2.63. The molecule has 0 saturated carbocycles. The molecule has 0 bridgehead atoms. The molecular weight excluding hydrogens is 332 g/mol. The number of ether oxygens (including phenoxy) is 2. The molecule has 0 heterocycles. The van der Waals surface area contributed by atoms with Crippen molar-refractivity contribution in [2.75, 3.05) is 30.4 Å². The van der Waals surface area contributed by atoms with Crippen LogP contribution in [0, 0.1) is 0 Å². The highest BCUT2D eigenvalue weighted by atomic mass is 16.5. The predicted molar refractivity (Wildman–Crippen MR) is 102 cm³/mol. The molecule has 0 aromatic heterocycles. The van der Waals surface area contributed by atoms with E-state index in [4.69, 9.17) is 9.47 Å². The first-order valence-corrected chi connectivity index (χ1v) is 8.57. The van der Waals surface area contributed by atoms with Crippen molar-refractivity contribution in [3.8, 4) is 11.5 Å². The van der Waals surface area contributed by atoms with Gasteiger partial charge in [-0.05, 0) is 45.0 Å². The highest BCUT2D eigenvalue weighted by Gasteiger charge is 2.09. The lowest BCUT2D eigenvalue weighted by molar-refractivity contribution is -0.114. The maximum absolute atomic E-state index is 12.2. The zero-order chi connectivity index (χ0) is 18.9. The number of ketones is 1. The van der Waals surface area contributed by atoms with E-state index >= 15 is 0 Å². The smallest absolute Gasteiger partial charge is 0.243 e. The molecule has 6 heteroatoms. The Labute approximate surface area is 153 Å². The molecule has 6 nitrogen and oxygen atoms in total. The van der Waals surface area contributed by atoms with Crippen LogP contribution in [0.2, 0.25) is 0 Å². The van der Waals surface area contributed by atoms with Crippen molar-refractivity contribution in [1.29, 1.82) is 0 Å². The number of hydrogen-bond acceptors (Lipinski definition) is 5. The van der Waals surface area contributed by atoms with Gasteiger partial charge in [0.1, 0.15) is 0 Å². The Balaban J connectivity index is 1.98. The van der Waals surface area contributed by atoms with Crippen LogP contribution in [0.3, 0.4) is 0 Å². The largest absolute Gasteiger partial charge is 0.490 e. The second-order valence-corrected chi connectivity index (χ2v) is 5.57. The second-order valence-electron chi connectivity index (χ2n) is 5.57. The van der Waals surface area contributed by atoms with Gasteiger partial charge < -0.3 is 20.1 Å². The third kappa shape index (κ3) is 5.51. The van der Waals surface area contributed by atoms with E-state index in [1.165, 1.54) is 6.92 Å². The number of amides is 1. The van der Waals surface area contributed by atoms with Crippen LogP contribution in [-0.2, 0) is 4.79 Å². The zero-order valence-electron chi connectivity index (χ0n) is 15.3. The summed E-state index contributed by atoms with van der Waals surface area (Å²) >= 11 is 0. The fourth-order valence-corrected chi connectivity index (χ4v) is 2.36. The molecule has 0 unspecified atom stereocenters. The maximum Gasteiger partial charge on any atom is 0.243 e. The van der Waals surface area contributed by atoms with Gasteiger partial charge in [-0.15, -0.1) is 0 Å². The molecule has 2 N–H and O–H groups in total. The van der Waals surface area contributed by atoms with Gasteiger partial charge in [0.25, 0.3) is 0 Å². The predicted octanol–water partition coefficient (Wildman–Crippen LogP) is 3.74. The van der Waals surface area contributed by atoms with Gasteiger partial charge in [0.15, 0.2) is 17.3 Å². The van der Waals surface area contributed by atoms with Gasteiger partial charge in [-0.1, -0.05) is 12.1 Å². The lowest BCUT2D eigenvalue weighted by Crippen LogP contribution is -2.21. The van der Waals surface area contributed by atoms with E-state index in [1.807, 2.05) is 19.9 Å². The molecule has 2 rings (SSSR count). The first-order chi connectivity index (χ1) is 12.5. The monoisotopic (exact) mass is 356 g/mol. The molecule has 0 radical (unpaired) electrons.